The highest BCUT2D eigenvalue weighted by atomic mass is 16.3. The van der Waals surface area contributed by atoms with E-state index < -0.39 is 5.92 Å². The molecule has 21 heavy (non-hydrogen) atoms. The van der Waals surface area contributed by atoms with Crippen LogP contribution in [0.5, 0.6) is 0 Å². The number of hydrogen-bond donors (Lipinski definition) is 0. The maximum atomic E-state index is 12.4. The summed E-state index contributed by atoms with van der Waals surface area (Å²) in [5.74, 6) is 0.676. The lowest BCUT2D eigenvalue weighted by Gasteiger charge is -2.19. The summed E-state index contributed by atoms with van der Waals surface area (Å²) in [5, 5.41) is 9.26. The number of aryl methyl sites for hydroxylation is 1. The zero-order valence-corrected chi connectivity index (χ0v) is 12.2. The summed E-state index contributed by atoms with van der Waals surface area (Å²) in [7, 11) is 1.69. The third kappa shape index (κ3) is 3.96. The summed E-state index contributed by atoms with van der Waals surface area (Å²) >= 11 is 0. The molecule has 1 aromatic heterocycles. The third-order valence-corrected chi connectivity index (χ3v) is 3.30. The molecule has 0 radical (unpaired) electrons. The number of hydrogen-bond acceptors (Lipinski definition) is 3. The highest BCUT2D eigenvalue weighted by molar-refractivity contribution is 5.81. The van der Waals surface area contributed by atoms with Crippen molar-refractivity contribution in [2.24, 2.45) is 5.92 Å². The summed E-state index contributed by atoms with van der Waals surface area (Å²) in [6.07, 6.45) is 0.428. The van der Waals surface area contributed by atoms with Gasteiger partial charge >= 0.3 is 0 Å². The van der Waals surface area contributed by atoms with E-state index in [-0.39, 0.29) is 5.91 Å². The molecule has 1 unspecified atom stereocenters. The standard InChI is InChI=1S/C17H18N2O2/c1-13-8-9-16(21-13)12-19(2)17(20)15(11-18)10-14-6-4-3-5-7-14/h3-9,15H,10,12H2,1-2H3. The van der Waals surface area contributed by atoms with Gasteiger partial charge in [-0.25, -0.2) is 0 Å². The second kappa shape index (κ2) is 6.76. The van der Waals surface area contributed by atoms with Crippen LogP contribution in [0.25, 0.3) is 0 Å². The quantitative estimate of drug-likeness (QED) is 0.847. The van der Waals surface area contributed by atoms with Gasteiger partial charge in [0.25, 0.3) is 0 Å². The molecule has 0 aliphatic rings. The van der Waals surface area contributed by atoms with E-state index >= 15 is 0 Å². The molecule has 0 aliphatic heterocycles. The molecule has 0 bridgehead atoms. The van der Waals surface area contributed by atoms with Gasteiger partial charge in [-0.05, 0) is 31.0 Å². The SMILES string of the molecule is Cc1ccc(CN(C)C(=O)C(C#N)Cc2ccccc2)o1. The summed E-state index contributed by atoms with van der Waals surface area (Å²) in [6.45, 7) is 2.23. The van der Waals surface area contributed by atoms with Crippen LogP contribution in [-0.4, -0.2) is 17.9 Å². The number of carbonyl (C=O) groups is 1. The van der Waals surface area contributed by atoms with E-state index in [2.05, 4.69) is 6.07 Å². The van der Waals surface area contributed by atoms with Crippen LogP contribution in [0.15, 0.2) is 46.9 Å². The average Bonchev–Trinajstić information content (AvgIpc) is 2.90. The van der Waals surface area contributed by atoms with Gasteiger partial charge in [-0.15, -0.1) is 0 Å². The first kappa shape index (κ1) is 14.9. The minimum Gasteiger partial charge on any atom is -0.464 e. The molecule has 4 heteroatoms. The molecule has 1 amide bonds. The molecule has 0 N–H and O–H groups in total. The lowest BCUT2D eigenvalue weighted by molar-refractivity contribution is -0.133. The van der Waals surface area contributed by atoms with Crippen molar-refractivity contribution in [3.8, 4) is 6.07 Å². The van der Waals surface area contributed by atoms with Crippen LogP contribution in [0.3, 0.4) is 0 Å². The molecular weight excluding hydrogens is 264 g/mol. The third-order valence-electron chi connectivity index (χ3n) is 3.30. The molecule has 2 aromatic rings. The van der Waals surface area contributed by atoms with Crippen molar-refractivity contribution in [2.45, 2.75) is 19.9 Å². The van der Waals surface area contributed by atoms with Gasteiger partial charge in [0.2, 0.25) is 5.91 Å². The first-order chi connectivity index (χ1) is 10.1. The van der Waals surface area contributed by atoms with Gasteiger partial charge in [0.1, 0.15) is 17.4 Å². The van der Waals surface area contributed by atoms with Crippen LogP contribution in [0, 0.1) is 24.2 Å². The van der Waals surface area contributed by atoms with Crippen LogP contribution in [0.2, 0.25) is 0 Å². The highest BCUT2D eigenvalue weighted by Gasteiger charge is 2.22. The van der Waals surface area contributed by atoms with Crippen molar-refractivity contribution < 1.29 is 9.21 Å². The number of carbonyl (C=O) groups excluding carboxylic acids is 1. The van der Waals surface area contributed by atoms with Crippen molar-refractivity contribution in [2.75, 3.05) is 7.05 Å². The van der Waals surface area contributed by atoms with Gasteiger partial charge in [-0.2, -0.15) is 5.26 Å². The maximum absolute atomic E-state index is 12.4. The summed E-state index contributed by atoms with van der Waals surface area (Å²) < 4.78 is 5.46. The minimum absolute atomic E-state index is 0.185. The first-order valence-electron chi connectivity index (χ1n) is 6.84. The van der Waals surface area contributed by atoms with E-state index in [1.807, 2.05) is 49.4 Å². The largest absolute Gasteiger partial charge is 0.464 e. The monoisotopic (exact) mass is 282 g/mol. The number of furan rings is 1. The van der Waals surface area contributed by atoms with Gasteiger partial charge in [0.05, 0.1) is 12.6 Å². The fraction of sp³-hybridized carbons (Fsp3) is 0.294. The molecule has 4 nitrogen and oxygen atoms in total. The Morgan fingerprint density at radius 1 is 1.29 bits per heavy atom. The number of amides is 1. The predicted molar refractivity (Wildman–Crippen MR) is 79.2 cm³/mol. The number of benzene rings is 1. The maximum Gasteiger partial charge on any atom is 0.240 e. The summed E-state index contributed by atoms with van der Waals surface area (Å²) in [6, 6.07) is 15.4. The Morgan fingerprint density at radius 3 is 2.57 bits per heavy atom. The van der Waals surface area contributed by atoms with E-state index in [4.69, 9.17) is 4.42 Å². The molecule has 1 aromatic carbocycles. The van der Waals surface area contributed by atoms with Crippen LogP contribution in [0.1, 0.15) is 17.1 Å². The summed E-state index contributed by atoms with van der Waals surface area (Å²) in [4.78, 5) is 13.9. The fourth-order valence-corrected chi connectivity index (χ4v) is 2.19. The molecule has 0 aliphatic carbocycles. The molecule has 1 atom stereocenters. The summed E-state index contributed by atoms with van der Waals surface area (Å²) in [5.41, 5.74) is 0.986. The molecule has 0 saturated carbocycles. The van der Waals surface area contributed by atoms with E-state index in [1.165, 1.54) is 4.90 Å². The van der Waals surface area contributed by atoms with Crippen molar-refractivity contribution in [3.63, 3.8) is 0 Å². The Balaban J connectivity index is 2.01. The van der Waals surface area contributed by atoms with E-state index in [9.17, 15) is 10.1 Å². The Kier molecular flexibility index (Phi) is 4.78. The lowest BCUT2D eigenvalue weighted by Crippen LogP contribution is -2.32. The lowest BCUT2D eigenvalue weighted by atomic mass is 9.99. The first-order valence-corrected chi connectivity index (χ1v) is 6.84. The minimum atomic E-state index is -0.673. The number of rotatable bonds is 5. The highest BCUT2D eigenvalue weighted by Crippen LogP contribution is 2.14. The van der Waals surface area contributed by atoms with Crippen LogP contribution < -0.4 is 0 Å². The van der Waals surface area contributed by atoms with E-state index in [0.29, 0.717) is 13.0 Å². The Hall–Kier alpha value is -2.54. The van der Waals surface area contributed by atoms with Crippen molar-refractivity contribution in [1.29, 1.82) is 5.26 Å². The van der Waals surface area contributed by atoms with Crippen LogP contribution in [0.4, 0.5) is 0 Å². The van der Waals surface area contributed by atoms with Gasteiger partial charge in [-0.1, -0.05) is 30.3 Å². The second-order valence-electron chi connectivity index (χ2n) is 5.08. The van der Waals surface area contributed by atoms with E-state index in [1.54, 1.807) is 7.05 Å². The van der Waals surface area contributed by atoms with Gasteiger partial charge in [0.15, 0.2) is 0 Å². The predicted octanol–water partition coefficient (Wildman–Crippen LogP) is 2.93. The topological polar surface area (TPSA) is 57.2 Å². The molecule has 2 rings (SSSR count). The molecule has 0 spiro atoms. The normalized spacial score (nSPS) is 11.7. The van der Waals surface area contributed by atoms with Crippen molar-refractivity contribution in [1.82, 2.24) is 4.90 Å². The molecule has 1 heterocycles. The number of nitriles is 1. The smallest absolute Gasteiger partial charge is 0.240 e. The van der Waals surface area contributed by atoms with Gasteiger partial charge in [0, 0.05) is 7.05 Å². The van der Waals surface area contributed by atoms with E-state index in [0.717, 1.165) is 17.1 Å². The molecule has 0 fully saturated rings. The van der Waals surface area contributed by atoms with Crippen molar-refractivity contribution in [3.05, 3.63) is 59.5 Å². The zero-order valence-electron chi connectivity index (χ0n) is 12.2. The zero-order chi connectivity index (χ0) is 15.2. The van der Waals surface area contributed by atoms with Crippen molar-refractivity contribution >= 4 is 5.91 Å². The average molecular weight is 282 g/mol. The Bertz CT molecular complexity index is 640. The Morgan fingerprint density at radius 2 is 2.00 bits per heavy atom. The van der Waals surface area contributed by atoms with Crippen LogP contribution >= 0.6 is 0 Å². The Labute approximate surface area is 124 Å². The number of nitrogens with zero attached hydrogens (tertiary/aromatic N) is 2. The fourth-order valence-electron chi connectivity index (χ4n) is 2.19. The molecular formula is C17H18N2O2. The molecule has 108 valence electrons. The van der Waals surface area contributed by atoms with Gasteiger partial charge < -0.3 is 9.32 Å². The second-order valence-corrected chi connectivity index (χ2v) is 5.08. The van der Waals surface area contributed by atoms with Gasteiger partial charge in [-0.3, -0.25) is 4.79 Å². The van der Waals surface area contributed by atoms with Crippen LogP contribution in [-0.2, 0) is 17.8 Å². The molecule has 0 saturated heterocycles.